The van der Waals surface area contributed by atoms with E-state index in [0.29, 0.717) is 24.9 Å². The number of hydrogen-bond acceptors (Lipinski definition) is 4. The average molecular weight is 397 g/mol. The molecule has 3 aliphatic rings. The number of esters is 1. The molecule has 2 saturated carbocycles. The molecule has 5 atom stereocenters. The van der Waals surface area contributed by atoms with Crippen LogP contribution < -0.4 is 10.2 Å². The van der Waals surface area contributed by atoms with Crippen LogP contribution in [0, 0.1) is 23.2 Å². The second-order valence-electron chi connectivity index (χ2n) is 9.52. The second-order valence-corrected chi connectivity index (χ2v) is 9.52. The van der Waals surface area contributed by atoms with Crippen LogP contribution in [-0.4, -0.2) is 68.2 Å². The lowest BCUT2D eigenvalue weighted by molar-refractivity contribution is -0.902. The molecule has 0 spiro atoms. The summed E-state index contributed by atoms with van der Waals surface area (Å²) in [6, 6.07) is 0. The highest BCUT2D eigenvalue weighted by Crippen LogP contribution is 2.56. The van der Waals surface area contributed by atoms with E-state index in [4.69, 9.17) is 14.9 Å². The van der Waals surface area contributed by atoms with E-state index in [9.17, 15) is 4.79 Å². The fourth-order valence-corrected chi connectivity index (χ4v) is 6.01. The summed E-state index contributed by atoms with van der Waals surface area (Å²) >= 11 is 0. The van der Waals surface area contributed by atoms with E-state index in [1.54, 1.807) is 0 Å². The van der Waals surface area contributed by atoms with Crippen LogP contribution in [0.1, 0.15) is 45.4 Å². The average Bonchev–Trinajstić information content (AvgIpc) is 2.94. The minimum atomic E-state index is 0.00641. The molecule has 0 radical (unpaired) electrons. The molecule has 2 aliphatic carbocycles. The molecular weight excluding hydrogens is 356 g/mol. The number of carbonyl (C=O) groups is 1. The Morgan fingerprint density at radius 2 is 2.04 bits per heavy atom. The molecule has 0 unspecified atom stereocenters. The Hall–Kier alpha value is -0.950. The first kappa shape index (κ1) is 21.8. The van der Waals surface area contributed by atoms with Gasteiger partial charge in [0.2, 0.25) is 0 Å². The number of aliphatic hydroxyl groups is 2. The number of hydrogen-bond donors (Lipinski definition) is 4. The summed E-state index contributed by atoms with van der Waals surface area (Å²) in [6.45, 7) is 11.1. The molecule has 6 nitrogen and oxygen atoms in total. The lowest BCUT2D eigenvalue weighted by atomic mass is 9.55. The molecule has 1 heterocycles. The number of carbonyl (C=O) groups excluding carboxylic acids is 1. The number of nitrogens with two attached hydrogens (primary N) is 1. The summed E-state index contributed by atoms with van der Waals surface area (Å²) in [4.78, 5) is 13.8. The van der Waals surface area contributed by atoms with Gasteiger partial charge < -0.3 is 25.2 Å². The van der Waals surface area contributed by atoms with Gasteiger partial charge in [0, 0.05) is 12.3 Å². The summed E-state index contributed by atoms with van der Waals surface area (Å²) in [6.07, 6.45) is 6.78. The lowest BCUT2D eigenvalue weighted by Crippen LogP contribution is -3.13. The van der Waals surface area contributed by atoms with Gasteiger partial charge >= 0.3 is 5.97 Å². The van der Waals surface area contributed by atoms with Crippen molar-refractivity contribution in [2.45, 2.75) is 51.6 Å². The largest absolute Gasteiger partial charge is 0.462 e. The fraction of sp³-hybridized carbons (Fsp3) is 0.864. The van der Waals surface area contributed by atoms with Crippen LogP contribution in [-0.2, 0) is 9.53 Å². The van der Waals surface area contributed by atoms with E-state index in [-0.39, 0.29) is 36.6 Å². The number of fused-ring (bicyclic) bond motifs is 2. The van der Waals surface area contributed by atoms with Gasteiger partial charge in [-0.05, 0) is 43.4 Å². The number of quaternary nitrogens is 2. The van der Waals surface area contributed by atoms with Gasteiger partial charge in [-0.1, -0.05) is 19.1 Å². The van der Waals surface area contributed by atoms with Crippen LogP contribution in [0.3, 0.4) is 0 Å². The van der Waals surface area contributed by atoms with E-state index in [1.165, 1.54) is 23.3 Å². The summed E-state index contributed by atoms with van der Waals surface area (Å²) in [7, 11) is 0. The van der Waals surface area contributed by atoms with E-state index < -0.39 is 0 Å². The smallest absolute Gasteiger partial charge is 0.315 e. The molecule has 0 aromatic rings. The molecule has 6 heteroatoms. The minimum Gasteiger partial charge on any atom is -0.462 e. The first-order valence-electron chi connectivity index (χ1n) is 11.2. The van der Waals surface area contributed by atoms with Gasteiger partial charge in [0.25, 0.3) is 0 Å². The Morgan fingerprint density at radius 3 is 2.75 bits per heavy atom. The predicted octanol–water partition coefficient (Wildman–Crippen LogP) is -0.876. The fourth-order valence-electron chi connectivity index (χ4n) is 6.01. The number of allylic oxidation sites excluding steroid dienone is 1. The van der Waals surface area contributed by atoms with E-state index in [2.05, 4.69) is 18.8 Å². The van der Waals surface area contributed by atoms with Gasteiger partial charge in [0.15, 0.2) is 0 Å². The SMILES string of the molecule is C=C1CCC[C@]2(C)C[C@H]3OC(=O)[C@@H](C[NH2+]CCC[NH+](CCO)CCO)[C@H]3C[C@H]12. The van der Waals surface area contributed by atoms with Gasteiger partial charge in [-0.2, -0.15) is 0 Å². The molecule has 160 valence electrons. The Kier molecular flexibility index (Phi) is 7.54. The predicted molar refractivity (Wildman–Crippen MR) is 107 cm³/mol. The maximum Gasteiger partial charge on any atom is 0.315 e. The summed E-state index contributed by atoms with van der Waals surface area (Å²) in [5, 5.41) is 20.5. The third-order valence-corrected chi connectivity index (χ3v) is 7.61. The minimum absolute atomic E-state index is 0.00641. The molecule has 0 bridgehead atoms. The molecule has 5 N–H and O–H groups in total. The van der Waals surface area contributed by atoms with Crippen molar-refractivity contribution in [1.29, 1.82) is 0 Å². The quantitative estimate of drug-likeness (QED) is 0.220. The lowest BCUT2D eigenvalue weighted by Gasteiger charge is -2.49. The van der Waals surface area contributed by atoms with Crippen molar-refractivity contribution in [3.63, 3.8) is 0 Å². The molecule has 1 aliphatic heterocycles. The monoisotopic (exact) mass is 396 g/mol. The highest BCUT2D eigenvalue weighted by Gasteiger charge is 2.55. The van der Waals surface area contributed by atoms with Gasteiger partial charge in [0.1, 0.15) is 25.1 Å². The third-order valence-electron chi connectivity index (χ3n) is 7.61. The van der Waals surface area contributed by atoms with Crippen LogP contribution in [0.5, 0.6) is 0 Å². The first-order chi connectivity index (χ1) is 13.5. The molecule has 1 saturated heterocycles. The molecule has 3 fully saturated rings. The summed E-state index contributed by atoms with van der Waals surface area (Å²) < 4.78 is 5.84. The van der Waals surface area contributed by atoms with Gasteiger partial charge in [-0.3, -0.25) is 4.79 Å². The Bertz CT molecular complexity index is 549. The Labute approximate surface area is 169 Å². The Balaban J connectivity index is 1.47. The van der Waals surface area contributed by atoms with Gasteiger partial charge in [-0.25, -0.2) is 0 Å². The van der Waals surface area contributed by atoms with Crippen molar-refractivity contribution in [3.05, 3.63) is 12.2 Å². The molecule has 0 aromatic carbocycles. The number of ether oxygens (including phenoxy) is 1. The maximum absolute atomic E-state index is 12.6. The van der Waals surface area contributed by atoms with E-state index >= 15 is 0 Å². The second kappa shape index (κ2) is 9.70. The molecule has 0 amide bonds. The normalized spacial score (nSPS) is 35.0. The van der Waals surface area contributed by atoms with Crippen LogP contribution in [0.25, 0.3) is 0 Å². The van der Waals surface area contributed by atoms with Crippen LogP contribution in [0.15, 0.2) is 12.2 Å². The summed E-state index contributed by atoms with van der Waals surface area (Å²) in [5.41, 5.74) is 1.66. The van der Waals surface area contributed by atoms with Gasteiger partial charge in [-0.15, -0.1) is 0 Å². The van der Waals surface area contributed by atoms with E-state index in [1.807, 2.05) is 0 Å². The third kappa shape index (κ3) is 4.78. The van der Waals surface area contributed by atoms with Crippen molar-refractivity contribution in [2.24, 2.45) is 23.2 Å². The topological polar surface area (TPSA) is 87.8 Å². The molecular formula is C22H40N2O4+2. The zero-order valence-corrected chi connectivity index (χ0v) is 17.5. The highest BCUT2D eigenvalue weighted by atomic mass is 16.6. The Morgan fingerprint density at radius 1 is 1.29 bits per heavy atom. The van der Waals surface area contributed by atoms with Crippen molar-refractivity contribution in [1.82, 2.24) is 0 Å². The highest BCUT2D eigenvalue weighted by molar-refractivity contribution is 5.75. The van der Waals surface area contributed by atoms with Crippen molar-refractivity contribution in [3.8, 4) is 0 Å². The van der Waals surface area contributed by atoms with Crippen molar-refractivity contribution >= 4 is 5.97 Å². The number of nitrogens with one attached hydrogen (secondary N) is 1. The number of aliphatic hydroxyl groups excluding tert-OH is 2. The van der Waals surface area contributed by atoms with E-state index in [0.717, 1.165) is 45.3 Å². The maximum atomic E-state index is 12.6. The summed E-state index contributed by atoms with van der Waals surface area (Å²) in [5.74, 6) is 0.922. The zero-order chi connectivity index (χ0) is 20.1. The molecule has 3 rings (SSSR count). The zero-order valence-electron chi connectivity index (χ0n) is 17.5. The van der Waals surface area contributed by atoms with Crippen molar-refractivity contribution < 1.29 is 30.0 Å². The standard InChI is InChI=1S/C22H38N2O4/c1-16-5-3-6-22(2)14-20-17(13-19(16)22)18(21(27)28-20)15-23-7-4-8-24(9-11-25)10-12-26/h17-20,23,25-26H,1,3-15H2,2H3/p+2/t17-,18+,19-,20-,22-/m1/s1. The van der Waals surface area contributed by atoms with Crippen molar-refractivity contribution in [2.75, 3.05) is 45.9 Å². The number of rotatable bonds is 10. The van der Waals surface area contributed by atoms with Gasteiger partial charge in [0.05, 0.1) is 32.8 Å². The van der Waals surface area contributed by atoms with Crippen LogP contribution in [0.2, 0.25) is 0 Å². The van der Waals surface area contributed by atoms with Crippen LogP contribution in [0.4, 0.5) is 0 Å². The first-order valence-corrected chi connectivity index (χ1v) is 11.2. The molecule has 28 heavy (non-hydrogen) atoms. The van der Waals surface area contributed by atoms with Crippen LogP contribution >= 0.6 is 0 Å². The molecule has 0 aromatic heterocycles.